The smallest absolute Gasteiger partial charge is 0.284 e. The third-order valence-corrected chi connectivity index (χ3v) is 0.973. The van der Waals surface area contributed by atoms with Gasteiger partial charge in [-0.15, -0.1) is 10.2 Å². The lowest BCUT2D eigenvalue weighted by Crippen LogP contribution is -2.23. The summed E-state index contributed by atoms with van der Waals surface area (Å²) in [5.41, 5.74) is 0. The minimum Gasteiger partial charge on any atom is -0.373 e. The Bertz CT molecular complexity index is 218. The Kier molecular flexibility index (Phi) is 1.81. The molecule has 1 aromatic heterocycles. The SMILES string of the molecule is CC(F)(F)[C](O)c1nn[nH]n1. The lowest BCUT2D eigenvalue weighted by atomic mass is 10.2. The van der Waals surface area contributed by atoms with E-state index < -0.39 is 17.9 Å². The predicted octanol–water partition coefficient (Wildman–Crippen LogP) is 0.107. The van der Waals surface area contributed by atoms with Gasteiger partial charge in [0.25, 0.3) is 5.92 Å². The van der Waals surface area contributed by atoms with Gasteiger partial charge < -0.3 is 5.11 Å². The highest BCUT2D eigenvalue weighted by atomic mass is 19.3. The van der Waals surface area contributed by atoms with Crippen LogP contribution in [-0.2, 0) is 0 Å². The largest absolute Gasteiger partial charge is 0.373 e. The topological polar surface area (TPSA) is 74.7 Å². The molecule has 0 aromatic carbocycles. The van der Waals surface area contributed by atoms with Crippen molar-refractivity contribution in [2.24, 2.45) is 0 Å². The van der Waals surface area contributed by atoms with E-state index in [1.54, 1.807) is 0 Å². The van der Waals surface area contributed by atoms with Crippen LogP contribution >= 0.6 is 0 Å². The standard InChI is InChI=1S/C4H5F2N4O/c1-4(5,6)2(11)3-7-9-10-8-3/h11H,1H3,(H,7,8,9,10). The van der Waals surface area contributed by atoms with E-state index in [2.05, 4.69) is 15.4 Å². The summed E-state index contributed by atoms with van der Waals surface area (Å²) < 4.78 is 24.5. The molecule has 0 aliphatic heterocycles. The van der Waals surface area contributed by atoms with Crippen molar-refractivity contribution in [3.63, 3.8) is 0 Å². The minimum absolute atomic E-state index is 0.488. The number of tetrazole rings is 1. The highest BCUT2D eigenvalue weighted by molar-refractivity contribution is 5.10. The molecule has 0 aliphatic rings. The molecule has 0 saturated heterocycles. The van der Waals surface area contributed by atoms with Crippen molar-refractivity contribution in [1.29, 1.82) is 0 Å². The number of aliphatic hydroxyl groups excluding tert-OH is 1. The van der Waals surface area contributed by atoms with Crippen LogP contribution in [0.1, 0.15) is 12.7 Å². The number of halogens is 2. The van der Waals surface area contributed by atoms with Crippen molar-refractivity contribution >= 4 is 0 Å². The Labute approximate surface area is 60.4 Å². The summed E-state index contributed by atoms with van der Waals surface area (Å²) in [5.74, 6) is -3.82. The molecule has 1 heterocycles. The molecule has 7 heteroatoms. The van der Waals surface area contributed by atoms with Crippen LogP contribution in [0.15, 0.2) is 0 Å². The second kappa shape index (κ2) is 2.50. The van der Waals surface area contributed by atoms with E-state index in [0.717, 1.165) is 0 Å². The van der Waals surface area contributed by atoms with Crippen LogP contribution in [0.4, 0.5) is 8.78 Å². The van der Waals surface area contributed by atoms with Crippen molar-refractivity contribution in [3.8, 4) is 0 Å². The molecule has 5 nitrogen and oxygen atoms in total. The molecule has 0 fully saturated rings. The lowest BCUT2D eigenvalue weighted by Gasteiger charge is -2.11. The van der Waals surface area contributed by atoms with Crippen LogP contribution in [-0.4, -0.2) is 31.7 Å². The number of H-pyrrole nitrogens is 1. The quantitative estimate of drug-likeness (QED) is 0.648. The van der Waals surface area contributed by atoms with Crippen LogP contribution in [0.25, 0.3) is 0 Å². The van der Waals surface area contributed by atoms with Crippen molar-refractivity contribution in [2.75, 3.05) is 0 Å². The van der Waals surface area contributed by atoms with Gasteiger partial charge in [-0.05, 0) is 0 Å². The van der Waals surface area contributed by atoms with Gasteiger partial charge in [-0.1, -0.05) is 5.21 Å². The van der Waals surface area contributed by atoms with Crippen LogP contribution in [0.2, 0.25) is 0 Å². The first-order valence-electron chi connectivity index (χ1n) is 2.70. The molecule has 0 amide bonds. The van der Waals surface area contributed by atoms with Gasteiger partial charge in [0.2, 0.25) is 11.9 Å². The van der Waals surface area contributed by atoms with Crippen LogP contribution in [0, 0.1) is 6.10 Å². The Morgan fingerprint density at radius 3 is 2.64 bits per heavy atom. The van der Waals surface area contributed by atoms with Gasteiger partial charge in [0, 0.05) is 6.92 Å². The third-order valence-electron chi connectivity index (χ3n) is 0.973. The zero-order valence-corrected chi connectivity index (χ0v) is 5.54. The van der Waals surface area contributed by atoms with Crippen LogP contribution in [0.3, 0.4) is 0 Å². The lowest BCUT2D eigenvalue weighted by molar-refractivity contribution is -0.0180. The number of aromatic nitrogens is 4. The molecule has 0 atom stereocenters. The zero-order chi connectivity index (χ0) is 8.48. The van der Waals surface area contributed by atoms with Crippen molar-refractivity contribution in [2.45, 2.75) is 12.8 Å². The van der Waals surface area contributed by atoms with Gasteiger partial charge in [0.15, 0.2) is 0 Å². The first-order chi connectivity index (χ1) is 5.02. The summed E-state index contributed by atoms with van der Waals surface area (Å²) in [6, 6.07) is 0. The maximum Gasteiger partial charge on any atom is 0.284 e. The van der Waals surface area contributed by atoms with E-state index in [4.69, 9.17) is 5.11 Å². The van der Waals surface area contributed by atoms with Crippen molar-refractivity contribution in [3.05, 3.63) is 11.9 Å². The van der Waals surface area contributed by atoms with E-state index in [9.17, 15) is 8.78 Å². The normalized spacial score (nSPS) is 12.5. The fraction of sp³-hybridized carbons (Fsp3) is 0.500. The molecule has 0 aliphatic carbocycles. The molecule has 0 bridgehead atoms. The number of hydrogen-bond acceptors (Lipinski definition) is 4. The number of nitrogens with one attached hydrogen (secondary N) is 1. The Morgan fingerprint density at radius 1 is 1.64 bits per heavy atom. The fourth-order valence-corrected chi connectivity index (χ4v) is 0.458. The minimum atomic E-state index is -3.33. The number of aromatic amines is 1. The number of aliphatic hydroxyl groups is 1. The molecule has 1 radical (unpaired) electrons. The summed E-state index contributed by atoms with van der Waals surface area (Å²) in [6.07, 6.45) is -1.19. The number of alkyl halides is 2. The second-order valence-electron chi connectivity index (χ2n) is 1.97. The van der Waals surface area contributed by atoms with E-state index in [1.807, 2.05) is 5.21 Å². The number of hydrogen-bond donors (Lipinski definition) is 2. The Morgan fingerprint density at radius 2 is 2.27 bits per heavy atom. The summed E-state index contributed by atoms with van der Waals surface area (Å²) in [6.45, 7) is 0.540. The van der Waals surface area contributed by atoms with Gasteiger partial charge in [0.05, 0.1) is 0 Å². The van der Waals surface area contributed by atoms with E-state index in [0.29, 0.717) is 6.92 Å². The zero-order valence-electron chi connectivity index (χ0n) is 5.54. The first kappa shape index (κ1) is 7.99. The molecule has 1 rings (SSSR count). The maximum atomic E-state index is 12.3. The molecule has 11 heavy (non-hydrogen) atoms. The van der Waals surface area contributed by atoms with Gasteiger partial charge in [-0.3, -0.25) is 0 Å². The fourth-order valence-electron chi connectivity index (χ4n) is 0.458. The van der Waals surface area contributed by atoms with Gasteiger partial charge in [0.1, 0.15) is 0 Å². The molecular formula is C4H5F2N4O. The first-order valence-corrected chi connectivity index (χ1v) is 2.70. The van der Waals surface area contributed by atoms with E-state index >= 15 is 0 Å². The molecule has 2 N–H and O–H groups in total. The molecular weight excluding hydrogens is 158 g/mol. The molecule has 0 unspecified atom stereocenters. The van der Waals surface area contributed by atoms with Crippen LogP contribution in [0.5, 0.6) is 0 Å². The molecule has 0 saturated carbocycles. The number of nitrogens with zero attached hydrogens (tertiary/aromatic N) is 3. The van der Waals surface area contributed by atoms with E-state index in [1.165, 1.54) is 0 Å². The monoisotopic (exact) mass is 163 g/mol. The Balaban J connectivity index is 2.78. The van der Waals surface area contributed by atoms with Crippen molar-refractivity contribution < 1.29 is 13.9 Å². The van der Waals surface area contributed by atoms with Gasteiger partial charge in [-0.25, -0.2) is 8.78 Å². The predicted molar refractivity (Wildman–Crippen MR) is 29.1 cm³/mol. The summed E-state index contributed by atoms with van der Waals surface area (Å²) in [7, 11) is 0. The Hall–Kier alpha value is -1.11. The van der Waals surface area contributed by atoms with Gasteiger partial charge in [-0.2, -0.15) is 5.21 Å². The third kappa shape index (κ3) is 1.67. The van der Waals surface area contributed by atoms with Gasteiger partial charge >= 0.3 is 0 Å². The average Bonchev–Trinajstić information content (AvgIpc) is 2.34. The molecule has 0 spiro atoms. The highest BCUT2D eigenvalue weighted by Gasteiger charge is 2.38. The second-order valence-corrected chi connectivity index (χ2v) is 1.97. The molecule has 61 valence electrons. The molecule has 1 aromatic rings. The number of rotatable bonds is 2. The average molecular weight is 163 g/mol. The maximum absolute atomic E-state index is 12.3. The summed E-state index contributed by atoms with van der Waals surface area (Å²) >= 11 is 0. The summed E-state index contributed by atoms with van der Waals surface area (Å²) in [5, 5.41) is 20.0. The highest BCUT2D eigenvalue weighted by Crippen LogP contribution is 2.26. The van der Waals surface area contributed by atoms with Crippen LogP contribution < -0.4 is 0 Å². The van der Waals surface area contributed by atoms with Crippen molar-refractivity contribution in [1.82, 2.24) is 20.6 Å². The van der Waals surface area contributed by atoms with E-state index in [-0.39, 0.29) is 0 Å². The summed E-state index contributed by atoms with van der Waals surface area (Å²) in [4.78, 5) is 0.